The molecule has 0 fully saturated rings. The van der Waals surface area contributed by atoms with Crippen LogP contribution in [0.3, 0.4) is 0 Å². The van der Waals surface area contributed by atoms with Gasteiger partial charge in [-0.2, -0.15) is 5.10 Å². The van der Waals surface area contributed by atoms with Crippen molar-refractivity contribution in [1.82, 2.24) is 9.99 Å². The Morgan fingerprint density at radius 2 is 1.93 bits per heavy atom. The van der Waals surface area contributed by atoms with E-state index in [-0.39, 0.29) is 17.4 Å². The summed E-state index contributed by atoms with van der Waals surface area (Å²) in [6, 6.07) is 16.0. The SMILES string of the molecule is Cc1cc(/C=N/NC(=O)Cc2ccccc2)c(C)n1-c1ccc(F)c(Cl)c1. The van der Waals surface area contributed by atoms with E-state index in [9.17, 15) is 9.18 Å². The van der Waals surface area contributed by atoms with Crippen molar-refractivity contribution < 1.29 is 9.18 Å². The number of carbonyl (C=O) groups excluding carboxylic acids is 1. The highest BCUT2D eigenvalue weighted by Gasteiger charge is 2.11. The van der Waals surface area contributed by atoms with Crippen LogP contribution >= 0.6 is 11.6 Å². The summed E-state index contributed by atoms with van der Waals surface area (Å²) in [6.07, 6.45) is 1.87. The molecule has 1 N–H and O–H groups in total. The molecule has 3 rings (SSSR count). The summed E-state index contributed by atoms with van der Waals surface area (Å²) in [5, 5.41) is 4.13. The average Bonchev–Trinajstić information content (AvgIpc) is 2.92. The molecule has 3 aromatic rings. The van der Waals surface area contributed by atoms with Gasteiger partial charge >= 0.3 is 0 Å². The molecule has 2 aromatic carbocycles. The summed E-state index contributed by atoms with van der Waals surface area (Å²) in [5.74, 6) is -0.637. The molecule has 1 aromatic heterocycles. The number of hydrogen-bond donors (Lipinski definition) is 1. The van der Waals surface area contributed by atoms with Crippen LogP contribution in [-0.2, 0) is 11.2 Å². The van der Waals surface area contributed by atoms with Gasteiger partial charge in [0.1, 0.15) is 5.82 Å². The first-order valence-electron chi connectivity index (χ1n) is 8.46. The highest BCUT2D eigenvalue weighted by molar-refractivity contribution is 6.30. The van der Waals surface area contributed by atoms with E-state index >= 15 is 0 Å². The fourth-order valence-corrected chi connectivity index (χ4v) is 3.11. The molecule has 0 radical (unpaired) electrons. The fourth-order valence-electron chi connectivity index (χ4n) is 2.93. The fraction of sp³-hybridized carbons (Fsp3) is 0.143. The topological polar surface area (TPSA) is 46.4 Å². The minimum absolute atomic E-state index is 0.0726. The quantitative estimate of drug-likeness (QED) is 0.508. The Morgan fingerprint density at radius 3 is 2.63 bits per heavy atom. The van der Waals surface area contributed by atoms with Crippen LogP contribution in [-0.4, -0.2) is 16.7 Å². The summed E-state index contributed by atoms with van der Waals surface area (Å²) in [4.78, 5) is 12.0. The molecule has 1 heterocycles. The highest BCUT2D eigenvalue weighted by Crippen LogP contribution is 2.24. The molecular formula is C21H19ClFN3O. The number of nitrogens with zero attached hydrogens (tertiary/aromatic N) is 2. The predicted octanol–water partition coefficient (Wildman–Crippen LogP) is 4.58. The third kappa shape index (κ3) is 4.44. The zero-order chi connectivity index (χ0) is 19.4. The first kappa shape index (κ1) is 18.9. The maximum absolute atomic E-state index is 13.4. The molecular weight excluding hydrogens is 365 g/mol. The molecule has 0 bridgehead atoms. The van der Waals surface area contributed by atoms with Crippen LogP contribution in [0.25, 0.3) is 5.69 Å². The minimum Gasteiger partial charge on any atom is -0.318 e. The van der Waals surface area contributed by atoms with Crippen LogP contribution in [0.2, 0.25) is 5.02 Å². The van der Waals surface area contributed by atoms with Crippen molar-refractivity contribution in [2.24, 2.45) is 5.10 Å². The first-order chi connectivity index (χ1) is 13.0. The van der Waals surface area contributed by atoms with E-state index in [1.165, 1.54) is 6.07 Å². The number of hydrogen-bond acceptors (Lipinski definition) is 2. The zero-order valence-electron chi connectivity index (χ0n) is 15.0. The maximum Gasteiger partial charge on any atom is 0.244 e. The molecule has 138 valence electrons. The second kappa shape index (κ2) is 8.18. The molecule has 0 aliphatic carbocycles. The van der Waals surface area contributed by atoms with E-state index < -0.39 is 5.82 Å². The van der Waals surface area contributed by atoms with Crippen LogP contribution < -0.4 is 5.43 Å². The average molecular weight is 384 g/mol. The number of hydrazone groups is 1. The largest absolute Gasteiger partial charge is 0.318 e. The van der Waals surface area contributed by atoms with Gasteiger partial charge in [-0.1, -0.05) is 41.9 Å². The summed E-state index contributed by atoms with van der Waals surface area (Å²) < 4.78 is 15.4. The number of benzene rings is 2. The number of nitrogens with one attached hydrogen (secondary N) is 1. The third-order valence-electron chi connectivity index (χ3n) is 4.23. The molecule has 0 aliphatic rings. The number of carbonyl (C=O) groups is 1. The van der Waals surface area contributed by atoms with Crippen LogP contribution in [0.5, 0.6) is 0 Å². The second-order valence-corrected chi connectivity index (χ2v) is 6.62. The van der Waals surface area contributed by atoms with Gasteiger partial charge in [0, 0.05) is 22.6 Å². The van der Waals surface area contributed by atoms with Crippen molar-refractivity contribution in [2.75, 3.05) is 0 Å². The molecule has 6 heteroatoms. The van der Waals surface area contributed by atoms with Crippen LogP contribution in [0.1, 0.15) is 22.5 Å². The van der Waals surface area contributed by atoms with Gasteiger partial charge in [0.15, 0.2) is 0 Å². The number of aryl methyl sites for hydroxylation is 1. The van der Waals surface area contributed by atoms with E-state index in [2.05, 4.69) is 10.5 Å². The van der Waals surface area contributed by atoms with Crippen molar-refractivity contribution >= 4 is 23.7 Å². The summed E-state index contributed by atoms with van der Waals surface area (Å²) in [7, 11) is 0. The predicted molar refractivity (Wildman–Crippen MR) is 106 cm³/mol. The molecule has 0 unspecified atom stereocenters. The van der Waals surface area contributed by atoms with E-state index in [0.717, 1.165) is 28.2 Å². The van der Waals surface area contributed by atoms with Gasteiger partial charge in [0.2, 0.25) is 5.91 Å². The number of aromatic nitrogens is 1. The van der Waals surface area contributed by atoms with Crippen LogP contribution in [0.4, 0.5) is 4.39 Å². The van der Waals surface area contributed by atoms with E-state index in [1.807, 2.05) is 54.8 Å². The Kier molecular flexibility index (Phi) is 5.72. The molecule has 0 spiro atoms. The standard InChI is InChI=1S/C21H19ClFN3O/c1-14-10-17(13-24-25-21(27)11-16-6-4-3-5-7-16)15(2)26(14)18-8-9-20(23)19(22)12-18/h3-10,12-13H,11H2,1-2H3,(H,25,27)/b24-13+. The van der Waals surface area contributed by atoms with E-state index in [0.29, 0.717) is 0 Å². The summed E-state index contributed by atoms with van der Waals surface area (Å²) >= 11 is 5.90. The summed E-state index contributed by atoms with van der Waals surface area (Å²) in [6.45, 7) is 3.87. The zero-order valence-corrected chi connectivity index (χ0v) is 15.8. The van der Waals surface area contributed by atoms with Gasteiger partial charge in [0.05, 0.1) is 17.7 Å². The van der Waals surface area contributed by atoms with Gasteiger partial charge in [-0.3, -0.25) is 4.79 Å². The maximum atomic E-state index is 13.4. The minimum atomic E-state index is -0.453. The Morgan fingerprint density at radius 1 is 1.19 bits per heavy atom. The van der Waals surface area contributed by atoms with Gasteiger partial charge in [-0.15, -0.1) is 0 Å². The molecule has 0 saturated carbocycles. The van der Waals surface area contributed by atoms with E-state index in [4.69, 9.17) is 11.6 Å². The highest BCUT2D eigenvalue weighted by atomic mass is 35.5. The second-order valence-electron chi connectivity index (χ2n) is 6.22. The number of rotatable bonds is 5. The Hall–Kier alpha value is -2.92. The lowest BCUT2D eigenvalue weighted by Gasteiger charge is -2.10. The number of amides is 1. The lowest BCUT2D eigenvalue weighted by Crippen LogP contribution is -2.19. The van der Waals surface area contributed by atoms with Crippen LogP contribution in [0, 0.1) is 19.7 Å². The van der Waals surface area contributed by atoms with Crippen molar-refractivity contribution in [1.29, 1.82) is 0 Å². The van der Waals surface area contributed by atoms with Crippen molar-refractivity contribution in [3.63, 3.8) is 0 Å². The monoisotopic (exact) mass is 383 g/mol. The van der Waals surface area contributed by atoms with E-state index in [1.54, 1.807) is 18.3 Å². The van der Waals surface area contributed by atoms with Crippen LogP contribution in [0.15, 0.2) is 59.7 Å². The number of halogens is 2. The lowest BCUT2D eigenvalue weighted by atomic mass is 10.1. The molecule has 0 saturated heterocycles. The van der Waals surface area contributed by atoms with Gasteiger partial charge < -0.3 is 4.57 Å². The van der Waals surface area contributed by atoms with Gasteiger partial charge in [-0.05, 0) is 43.7 Å². The Labute approximate surface area is 162 Å². The first-order valence-corrected chi connectivity index (χ1v) is 8.83. The summed E-state index contributed by atoms with van der Waals surface area (Å²) in [5.41, 5.74) is 6.96. The van der Waals surface area contributed by atoms with Gasteiger partial charge in [-0.25, -0.2) is 9.82 Å². The lowest BCUT2D eigenvalue weighted by molar-refractivity contribution is -0.120. The van der Waals surface area contributed by atoms with Crippen molar-refractivity contribution in [3.05, 3.63) is 88.0 Å². The van der Waals surface area contributed by atoms with Gasteiger partial charge in [0.25, 0.3) is 0 Å². The normalized spacial score (nSPS) is 11.1. The molecule has 1 amide bonds. The van der Waals surface area contributed by atoms with Crippen molar-refractivity contribution in [2.45, 2.75) is 20.3 Å². The Balaban J connectivity index is 1.73. The molecule has 0 atom stereocenters. The Bertz CT molecular complexity index is 996. The third-order valence-corrected chi connectivity index (χ3v) is 4.52. The smallest absolute Gasteiger partial charge is 0.244 e. The molecule has 4 nitrogen and oxygen atoms in total. The van der Waals surface area contributed by atoms with Crippen molar-refractivity contribution in [3.8, 4) is 5.69 Å². The molecule has 27 heavy (non-hydrogen) atoms. The molecule has 0 aliphatic heterocycles.